The molecule has 1 N–H and O–H groups in total. The summed E-state index contributed by atoms with van der Waals surface area (Å²) < 4.78 is 1.15. The van der Waals surface area contributed by atoms with Crippen LogP contribution in [0.25, 0.3) is 5.57 Å². The molecule has 2 aliphatic carbocycles. The second-order valence-electron chi connectivity index (χ2n) is 8.88. The second-order valence-corrected chi connectivity index (χ2v) is 9.80. The van der Waals surface area contributed by atoms with Gasteiger partial charge in [-0.25, -0.2) is 0 Å². The van der Waals surface area contributed by atoms with E-state index in [2.05, 4.69) is 95.8 Å². The van der Waals surface area contributed by atoms with E-state index in [1.807, 2.05) is 0 Å². The molecule has 1 saturated carbocycles. The molecule has 1 nitrogen and oxygen atoms in total. The summed E-state index contributed by atoms with van der Waals surface area (Å²) in [5.74, 6) is 0.674. The standard InChI is InChI=1S/C28H34BrN/c1-3-5-11-21(10-4-2)26-20-23-12-9-19-28(23,30-25-13-7-6-8-14-25)27(26)22-15-17-24(29)18-16-22/h6-8,11,13-18,23,30H,3-5,9-10,12,19-20H2,1-2H3/b21-11+/t23-,28+/m1/s1. The summed E-state index contributed by atoms with van der Waals surface area (Å²) in [6.45, 7) is 4.60. The van der Waals surface area contributed by atoms with Gasteiger partial charge in [-0.2, -0.15) is 0 Å². The van der Waals surface area contributed by atoms with Gasteiger partial charge in [-0.3, -0.25) is 0 Å². The Balaban J connectivity index is 1.87. The highest BCUT2D eigenvalue weighted by Gasteiger charge is 2.51. The zero-order chi connectivity index (χ0) is 21.0. The lowest BCUT2D eigenvalue weighted by atomic mass is 9.80. The Morgan fingerprint density at radius 2 is 1.83 bits per heavy atom. The highest BCUT2D eigenvalue weighted by molar-refractivity contribution is 9.10. The molecule has 2 aromatic rings. The van der Waals surface area contributed by atoms with Crippen LogP contribution in [0.3, 0.4) is 0 Å². The van der Waals surface area contributed by atoms with Crippen molar-refractivity contribution in [3.05, 3.63) is 81.9 Å². The van der Waals surface area contributed by atoms with Gasteiger partial charge in [-0.05, 0) is 84.6 Å². The van der Waals surface area contributed by atoms with Crippen LogP contribution < -0.4 is 5.32 Å². The van der Waals surface area contributed by atoms with Gasteiger partial charge >= 0.3 is 0 Å². The Bertz CT molecular complexity index is 909. The van der Waals surface area contributed by atoms with Crippen LogP contribution in [0.1, 0.15) is 70.8 Å². The molecule has 0 aliphatic heterocycles. The van der Waals surface area contributed by atoms with Crippen LogP contribution in [-0.2, 0) is 0 Å². The quantitative estimate of drug-likeness (QED) is 0.412. The molecule has 0 radical (unpaired) electrons. The summed E-state index contributed by atoms with van der Waals surface area (Å²) in [5, 5.41) is 4.07. The molecule has 2 aliphatic rings. The first-order valence-corrected chi connectivity index (χ1v) is 12.5. The van der Waals surface area contributed by atoms with Crippen LogP contribution >= 0.6 is 15.9 Å². The molecule has 0 bridgehead atoms. The van der Waals surface area contributed by atoms with Crippen molar-refractivity contribution >= 4 is 27.2 Å². The van der Waals surface area contributed by atoms with Crippen LogP contribution in [0.5, 0.6) is 0 Å². The van der Waals surface area contributed by atoms with Crippen molar-refractivity contribution < 1.29 is 0 Å². The van der Waals surface area contributed by atoms with E-state index in [1.54, 1.807) is 16.7 Å². The van der Waals surface area contributed by atoms with Crippen molar-refractivity contribution in [2.45, 2.75) is 70.8 Å². The Kier molecular flexibility index (Phi) is 6.83. The van der Waals surface area contributed by atoms with E-state index in [9.17, 15) is 0 Å². The van der Waals surface area contributed by atoms with Crippen molar-refractivity contribution in [3.8, 4) is 0 Å². The van der Waals surface area contributed by atoms with Gasteiger partial charge in [0.2, 0.25) is 0 Å². The smallest absolute Gasteiger partial charge is 0.0665 e. The molecule has 4 rings (SSSR count). The molecule has 2 atom stereocenters. The summed E-state index contributed by atoms with van der Waals surface area (Å²) in [6, 6.07) is 19.9. The number of unbranched alkanes of at least 4 members (excludes halogenated alkanes) is 1. The first-order chi connectivity index (χ1) is 14.7. The van der Waals surface area contributed by atoms with Crippen molar-refractivity contribution in [3.63, 3.8) is 0 Å². The molecule has 2 heteroatoms. The summed E-state index contributed by atoms with van der Waals surface area (Å²) in [6.07, 6.45) is 12.4. The summed E-state index contributed by atoms with van der Waals surface area (Å²) in [7, 11) is 0. The van der Waals surface area contributed by atoms with Gasteiger partial charge in [0.05, 0.1) is 5.54 Å². The minimum Gasteiger partial charge on any atom is -0.375 e. The van der Waals surface area contributed by atoms with E-state index in [0.29, 0.717) is 5.92 Å². The van der Waals surface area contributed by atoms with E-state index in [1.165, 1.54) is 62.6 Å². The Labute approximate surface area is 190 Å². The van der Waals surface area contributed by atoms with E-state index in [-0.39, 0.29) is 5.54 Å². The van der Waals surface area contributed by atoms with Crippen molar-refractivity contribution in [1.82, 2.24) is 0 Å². The predicted molar refractivity (Wildman–Crippen MR) is 134 cm³/mol. The van der Waals surface area contributed by atoms with Gasteiger partial charge in [0.25, 0.3) is 0 Å². The maximum atomic E-state index is 4.07. The Hall–Kier alpha value is -1.80. The fourth-order valence-electron chi connectivity index (χ4n) is 5.61. The Morgan fingerprint density at radius 3 is 2.53 bits per heavy atom. The average molecular weight is 464 g/mol. The fourth-order valence-corrected chi connectivity index (χ4v) is 5.88. The van der Waals surface area contributed by atoms with Crippen molar-refractivity contribution in [2.75, 3.05) is 5.32 Å². The molecule has 0 saturated heterocycles. The lowest BCUT2D eigenvalue weighted by molar-refractivity contribution is 0.457. The van der Waals surface area contributed by atoms with Gasteiger partial charge in [-0.15, -0.1) is 0 Å². The van der Waals surface area contributed by atoms with E-state index < -0.39 is 0 Å². The third kappa shape index (κ3) is 4.17. The first-order valence-electron chi connectivity index (χ1n) is 11.7. The fraction of sp³-hybridized carbons (Fsp3) is 0.429. The maximum absolute atomic E-state index is 4.07. The van der Waals surface area contributed by atoms with Crippen LogP contribution in [0.15, 0.2) is 76.3 Å². The molecule has 0 unspecified atom stereocenters. The second kappa shape index (κ2) is 9.56. The van der Waals surface area contributed by atoms with Crippen molar-refractivity contribution in [1.29, 1.82) is 0 Å². The van der Waals surface area contributed by atoms with Gasteiger partial charge < -0.3 is 5.32 Å². The lowest BCUT2D eigenvalue weighted by Gasteiger charge is -2.36. The van der Waals surface area contributed by atoms with Crippen LogP contribution in [0.4, 0.5) is 5.69 Å². The third-order valence-corrected chi connectivity index (χ3v) is 7.41. The number of rotatable bonds is 8. The number of halogens is 1. The highest BCUT2D eigenvalue weighted by Crippen LogP contribution is 2.57. The number of benzene rings is 2. The maximum Gasteiger partial charge on any atom is 0.0665 e. The first kappa shape index (κ1) is 21.4. The van der Waals surface area contributed by atoms with Gasteiger partial charge in [0.15, 0.2) is 0 Å². The SMILES string of the molecule is CCC/C=C(\CCC)C1=C(c2ccc(Br)cc2)[C@]2(Nc3ccccc3)CCC[C@@H]2C1. The summed E-state index contributed by atoms with van der Waals surface area (Å²) >= 11 is 3.64. The molecule has 1 fully saturated rings. The average Bonchev–Trinajstić information content (AvgIpc) is 3.28. The lowest BCUT2D eigenvalue weighted by Crippen LogP contribution is -2.40. The largest absolute Gasteiger partial charge is 0.375 e. The number of fused-ring (bicyclic) bond motifs is 1. The third-order valence-electron chi connectivity index (χ3n) is 6.88. The molecule has 0 spiro atoms. The summed E-state index contributed by atoms with van der Waals surface area (Å²) in [5.41, 5.74) is 7.47. The number of nitrogens with one attached hydrogen (secondary N) is 1. The predicted octanol–water partition coefficient (Wildman–Crippen LogP) is 8.78. The molecule has 0 heterocycles. The molecule has 0 amide bonds. The van der Waals surface area contributed by atoms with Gasteiger partial charge in [-0.1, -0.05) is 85.4 Å². The zero-order valence-electron chi connectivity index (χ0n) is 18.4. The Morgan fingerprint density at radius 1 is 1.07 bits per heavy atom. The number of para-hydroxylation sites is 1. The minimum absolute atomic E-state index is 0.0452. The number of hydrogen-bond acceptors (Lipinski definition) is 1. The van der Waals surface area contributed by atoms with Gasteiger partial charge in [0.1, 0.15) is 0 Å². The van der Waals surface area contributed by atoms with Crippen LogP contribution in [0.2, 0.25) is 0 Å². The minimum atomic E-state index is 0.0452. The topological polar surface area (TPSA) is 12.0 Å². The highest BCUT2D eigenvalue weighted by atomic mass is 79.9. The normalized spacial score (nSPS) is 23.7. The molecular weight excluding hydrogens is 430 g/mol. The zero-order valence-corrected chi connectivity index (χ0v) is 20.0. The van der Waals surface area contributed by atoms with E-state index >= 15 is 0 Å². The van der Waals surface area contributed by atoms with Crippen molar-refractivity contribution in [2.24, 2.45) is 5.92 Å². The molecule has 0 aromatic heterocycles. The molecule has 158 valence electrons. The van der Waals surface area contributed by atoms with E-state index in [0.717, 1.165) is 4.47 Å². The molecule has 30 heavy (non-hydrogen) atoms. The number of hydrogen-bond donors (Lipinski definition) is 1. The van der Waals surface area contributed by atoms with E-state index in [4.69, 9.17) is 0 Å². The van der Waals surface area contributed by atoms with Crippen LogP contribution in [-0.4, -0.2) is 5.54 Å². The number of allylic oxidation sites excluding steroid dienone is 3. The summed E-state index contributed by atoms with van der Waals surface area (Å²) in [4.78, 5) is 0. The number of anilines is 1. The monoisotopic (exact) mass is 463 g/mol. The van der Waals surface area contributed by atoms with Crippen LogP contribution in [0, 0.1) is 5.92 Å². The van der Waals surface area contributed by atoms with Gasteiger partial charge in [0, 0.05) is 10.2 Å². The molecular formula is C28H34BrN. The molecule has 2 aromatic carbocycles.